The van der Waals surface area contributed by atoms with Gasteiger partial charge in [-0.2, -0.15) is 0 Å². The summed E-state index contributed by atoms with van der Waals surface area (Å²) in [7, 11) is 3.50. The van der Waals surface area contributed by atoms with Crippen LogP contribution in [-0.2, 0) is 9.57 Å². The van der Waals surface area contributed by atoms with Crippen LogP contribution < -0.4 is 9.47 Å². The third-order valence-electron chi connectivity index (χ3n) is 3.43. The Morgan fingerprint density at radius 2 is 1.84 bits per heavy atom. The zero-order valence-corrected chi connectivity index (χ0v) is 15.9. The third-order valence-corrected chi connectivity index (χ3v) is 3.43. The van der Waals surface area contributed by atoms with Crippen molar-refractivity contribution in [2.24, 2.45) is 5.16 Å². The summed E-state index contributed by atoms with van der Waals surface area (Å²) in [5.41, 5.74) is 2.13. The topological polar surface area (TPSA) is 52.5 Å². The molecular formula is C19H30N2O4. The molecule has 0 bridgehead atoms. The van der Waals surface area contributed by atoms with E-state index < -0.39 is 0 Å². The number of rotatable bonds is 12. The molecule has 0 aliphatic rings. The average Bonchev–Trinajstić information content (AvgIpc) is 2.57. The van der Waals surface area contributed by atoms with Crippen molar-refractivity contribution in [1.82, 2.24) is 4.90 Å². The molecule has 6 nitrogen and oxygen atoms in total. The van der Waals surface area contributed by atoms with Crippen LogP contribution in [0, 0.1) is 13.8 Å². The van der Waals surface area contributed by atoms with Gasteiger partial charge in [0.15, 0.2) is 0 Å². The molecule has 0 saturated carbocycles. The van der Waals surface area contributed by atoms with E-state index >= 15 is 0 Å². The van der Waals surface area contributed by atoms with Crippen molar-refractivity contribution >= 4 is 6.21 Å². The molecule has 0 amide bonds. The van der Waals surface area contributed by atoms with Gasteiger partial charge in [-0.1, -0.05) is 17.3 Å². The molecule has 0 radical (unpaired) electrons. The van der Waals surface area contributed by atoms with Gasteiger partial charge >= 0.3 is 0 Å². The molecule has 0 spiro atoms. The lowest BCUT2D eigenvalue weighted by molar-refractivity contribution is 0.0972. The molecule has 6 heteroatoms. The zero-order valence-electron chi connectivity index (χ0n) is 15.9. The maximum absolute atomic E-state index is 5.96. The summed E-state index contributed by atoms with van der Waals surface area (Å²) in [6.45, 7) is 8.92. The Labute approximate surface area is 151 Å². The monoisotopic (exact) mass is 350 g/mol. The molecule has 0 atom stereocenters. The molecule has 1 rings (SSSR count). The van der Waals surface area contributed by atoms with E-state index in [1.807, 2.05) is 52.1 Å². The maximum atomic E-state index is 5.96. The molecule has 0 aromatic heterocycles. The van der Waals surface area contributed by atoms with Crippen LogP contribution in [-0.4, -0.2) is 58.4 Å². The molecule has 1 aromatic carbocycles. The molecule has 25 heavy (non-hydrogen) atoms. The third kappa shape index (κ3) is 8.56. The number of allylic oxidation sites excluding steroid dienone is 1. The van der Waals surface area contributed by atoms with E-state index in [-0.39, 0.29) is 0 Å². The number of hydrogen-bond donors (Lipinski definition) is 0. The normalized spacial score (nSPS) is 11.6. The highest BCUT2D eigenvalue weighted by molar-refractivity contribution is 5.57. The van der Waals surface area contributed by atoms with Crippen LogP contribution in [0.2, 0.25) is 0 Å². The number of benzene rings is 1. The fourth-order valence-corrected chi connectivity index (χ4v) is 2.16. The number of likely N-dealkylation sites (N-methyl/N-ethyl adjacent to an activating group) is 1. The maximum Gasteiger partial charge on any atom is 0.141 e. The van der Waals surface area contributed by atoms with Crippen molar-refractivity contribution in [1.29, 1.82) is 0 Å². The first kappa shape index (κ1) is 21.0. The number of aryl methyl sites for hydroxylation is 2. The fourth-order valence-electron chi connectivity index (χ4n) is 2.16. The lowest BCUT2D eigenvalue weighted by atomic mass is 10.1. The Bertz CT molecular complexity index is 535. The molecule has 0 aliphatic heterocycles. The second kappa shape index (κ2) is 12.3. The molecule has 0 fully saturated rings. The smallest absolute Gasteiger partial charge is 0.141 e. The second-order valence-corrected chi connectivity index (χ2v) is 5.66. The minimum atomic E-state index is 0.440. The van der Waals surface area contributed by atoms with Gasteiger partial charge in [0.2, 0.25) is 0 Å². The molecule has 1 aromatic rings. The van der Waals surface area contributed by atoms with Crippen molar-refractivity contribution in [2.45, 2.75) is 20.8 Å². The van der Waals surface area contributed by atoms with Gasteiger partial charge in [0.05, 0.1) is 19.4 Å². The van der Waals surface area contributed by atoms with Crippen LogP contribution in [0.4, 0.5) is 0 Å². The van der Waals surface area contributed by atoms with Gasteiger partial charge < -0.3 is 19.0 Å². The largest absolute Gasteiger partial charge is 0.490 e. The van der Waals surface area contributed by atoms with Crippen molar-refractivity contribution in [3.63, 3.8) is 0 Å². The van der Waals surface area contributed by atoms with Crippen LogP contribution in [0.1, 0.15) is 18.1 Å². The first-order chi connectivity index (χ1) is 12.1. The van der Waals surface area contributed by atoms with Gasteiger partial charge in [0, 0.05) is 6.54 Å². The summed E-state index contributed by atoms with van der Waals surface area (Å²) in [6.07, 6.45) is 5.54. The predicted molar refractivity (Wildman–Crippen MR) is 101 cm³/mol. The Morgan fingerprint density at radius 3 is 2.48 bits per heavy atom. The van der Waals surface area contributed by atoms with Gasteiger partial charge in [-0.25, -0.2) is 0 Å². The van der Waals surface area contributed by atoms with E-state index in [0.29, 0.717) is 26.6 Å². The van der Waals surface area contributed by atoms with Crippen LogP contribution in [0.3, 0.4) is 0 Å². The highest BCUT2D eigenvalue weighted by atomic mass is 16.6. The Hall–Kier alpha value is -2.05. The summed E-state index contributed by atoms with van der Waals surface area (Å²) in [5, 5.41) is 3.61. The quantitative estimate of drug-likeness (QED) is 0.191. The summed E-state index contributed by atoms with van der Waals surface area (Å²) in [4.78, 5) is 6.62. The van der Waals surface area contributed by atoms with Gasteiger partial charge in [0.1, 0.15) is 31.9 Å². The first-order valence-electron chi connectivity index (χ1n) is 8.37. The molecule has 0 aliphatic carbocycles. The second-order valence-electron chi connectivity index (χ2n) is 5.66. The summed E-state index contributed by atoms with van der Waals surface area (Å²) in [5.74, 6) is 1.76. The van der Waals surface area contributed by atoms with Crippen LogP contribution in [0.15, 0.2) is 29.4 Å². The zero-order chi connectivity index (χ0) is 18.5. The highest BCUT2D eigenvalue weighted by Crippen LogP contribution is 2.28. The van der Waals surface area contributed by atoms with Gasteiger partial charge in [-0.3, -0.25) is 4.90 Å². The standard InChI is InChI=1S/C19H30N2O4/c1-6-7-10-24-18-13-16(2)19(17(3)14-18)25-15-21(4)9-12-23-11-8-20-22-5/h6-8,13-14H,9-12,15H2,1-5H3/b7-6+,20-8?. The molecular weight excluding hydrogens is 320 g/mol. The highest BCUT2D eigenvalue weighted by Gasteiger charge is 2.08. The lowest BCUT2D eigenvalue weighted by Crippen LogP contribution is -2.28. The molecule has 140 valence electrons. The van der Waals surface area contributed by atoms with E-state index in [9.17, 15) is 0 Å². The van der Waals surface area contributed by atoms with Crippen molar-refractivity contribution in [3.8, 4) is 11.5 Å². The van der Waals surface area contributed by atoms with Crippen molar-refractivity contribution < 1.29 is 19.0 Å². The Balaban J connectivity index is 2.41. The summed E-state index contributed by atoms with van der Waals surface area (Å²) in [6, 6.07) is 4.01. The Kier molecular flexibility index (Phi) is 10.4. The van der Waals surface area contributed by atoms with E-state index in [0.717, 1.165) is 29.2 Å². The first-order valence-corrected chi connectivity index (χ1v) is 8.37. The van der Waals surface area contributed by atoms with E-state index in [1.165, 1.54) is 7.11 Å². The van der Waals surface area contributed by atoms with Crippen LogP contribution in [0.25, 0.3) is 0 Å². The fraction of sp³-hybridized carbons (Fsp3) is 0.526. The number of ether oxygens (including phenoxy) is 3. The number of oxime groups is 1. The predicted octanol–water partition coefficient (Wildman–Crippen LogP) is 3.18. The SMILES string of the molecule is C/C=C/COc1cc(C)c(OCN(C)CCOCC=NOC)c(C)c1. The minimum absolute atomic E-state index is 0.440. The van der Waals surface area contributed by atoms with E-state index in [2.05, 4.69) is 14.9 Å². The van der Waals surface area contributed by atoms with Crippen LogP contribution in [0.5, 0.6) is 11.5 Å². The van der Waals surface area contributed by atoms with Crippen molar-refractivity contribution in [2.75, 3.05) is 47.3 Å². The van der Waals surface area contributed by atoms with Crippen LogP contribution >= 0.6 is 0 Å². The Morgan fingerprint density at radius 1 is 1.12 bits per heavy atom. The van der Waals surface area contributed by atoms with Gasteiger partial charge in [-0.05, 0) is 51.1 Å². The minimum Gasteiger partial charge on any atom is -0.490 e. The summed E-state index contributed by atoms with van der Waals surface area (Å²) >= 11 is 0. The van der Waals surface area contributed by atoms with Gasteiger partial charge in [0.25, 0.3) is 0 Å². The molecule has 0 saturated heterocycles. The molecule has 0 unspecified atom stereocenters. The van der Waals surface area contributed by atoms with E-state index in [4.69, 9.17) is 14.2 Å². The van der Waals surface area contributed by atoms with Gasteiger partial charge in [-0.15, -0.1) is 0 Å². The lowest BCUT2D eigenvalue weighted by Gasteiger charge is -2.20. The number of nitrogens with zero attached hydrogens (tertiary/aromatic N) is 2. The molecule has 0 N–H and O–H groups in total. The van der Waals surface area contributed by atoms with E-state index in [1.54, 1.807) is 6.21 Å². The van der Waals surface area contributed by atoms with Crippen molar-refractivity contribution in [3.05, 3.63) is 35.4 Å². The molecule has 0 heterocycles. The number of hydrogen-bond acceptors (Lipinski definition) is 6. The summed E-state index contributed by atoms with van der Waals surface area (Å²) < 4.78 is 17.1. The average molecular weight is 350 g/mol.